The molecule has 0 aliphatic carbocycles. The summed E-state index contributed by atoms with van der Waals surface area (Å²) in [5, 5.41) is 15.0. The Morgan fingerprint density at radius 1 is 1.60 bits per heavy atom. The molecule has 15 heavy (non-hydrogen) atoms. The van der Waals surface area contributed by atoms with E-state index in [0.717, 1.165) is 6.54 Å². The monoisotopic (exact) mass is 216 g/mol. The van der Waals surface area contributed by atoms with Crippen LogP contribution < -0.4 is 10.6 Å². The number of hydrogen-bond donors (Lipinski definition) is 3. The molecule has 1 fully saturated rings. The lowest BCUT2D eigenvalue weighted by Gasteiger charge is -2.18. The molecule has 3 atom stereocenters. The Labute approximate surface area is 90.2 Å². The summed E-state index contributed by atoms with van der Waals surface area (Å²) in [5.41, 5.74) is 0. The van der Waals surface area contributed by atoms with Gasteiger partial charge in [-0.15, -0.1) is 0 Å². The standard InChI is InChI=1S/C10H20N2O3/c1-3-11-9-6-15-5-8(9)10(14)12-4-7(2)13/h7-9,11,13H,3-6H2,1-2H3,(H,12,14)/t7-,8?,9?/m1/s1. The van der Waals surface area contributed by atoms with Gasteiger partial charge in [0.25, 0.3) is 0 Å². The van der Waals surface area contributed by atoms with Crippen LogP contribution in [0.25, 0.3) is 0 Å². The molecule has 2 unspecified atom stereocenters. The topological polar surface area (TPSA) is 70.6 Å². The van der Waals surface area contributed by atoms with E-state index < -0.39 is 6.10 Å². The molecule has 1 amide bonds. The van der Waals surface area contributed by atoms with Crippen molar-refractivity contribution in [3.63, 3.8) is 0 Å². The number of ether oxygens (including phenoxy) is 1. The van der Waals surface area contributed by atoms with Crippen molar-refractivity contribution in [3.8, 4) is 0 Å². The summed E-state index contributed by atoms with van der Waals surface area (Å²) in [6.45, 7) is 5.82. The fraction of sp³-hybridized carbons (Fsp3) is 0.900. The van der Waals surface area contributed by atoms with Crippen molar-refractivity contribution in [1.82, 2.24) is 10.6 Å². The molecule has 1 heterocycles. The number of likely N-dealkylation sites (N-methyl/N-ethyl adjacent to an activating group) is 1. The summed E-state index contributed by atoms with van der Waals surface area (Å²) in [7, 11) is 0. The quantitative estimate of drug-likeness (QED) is 0.557. The minimum absolute atomic E-state index is 0.0423. The number of hydrogen-bond acceptors (Lipinski definition) is 4. The Bertz CT molecular complexity index is 209. The molecule has 0 aromatic carbocycles. The van der Waals surface area contributed by atoms with Gasteiger partial charge in [-0.25, -0.2) is 0 Å². The van der Waals surface area contributed by atoms with Crippen LogP contribution in [0, 0.1) is 5.92 Å². The van der Waals surface area contributed by atoms with Crippen LogP contribution in [0.2, 0.25) is 0 Å². The summed E-state index contributed by atoms with van der Waals surface area (Å²) in [4.78, 5) is 11.7. The average Bonchev–Trinajstić information content (AvgIpc) is 2.63. The predicted octanol–water partition coefficient (Wildman–Crippen LogP) is -0.892. The molecule has 88 valence electrons. The Morgan fingerprint density at radius 2 is 2.33 bits per heavy atom. The molecule has 0 saturated carbocycles. The maximum Gasteiger partial charge on any atom is 0.227 e. The van der Waals surface area contributed by atoms with Crippen LogP contribution in [0.5, 0.6) is 0 Å². The van der Waals surface area contributed by atoms with Crippen LogP contribution in [0.4, 0.5) is 0 Å². The normalized spacial score (nSPS) is 27.7. The first kappa shape index (κ1) is 12.4. The number of carbonyl (C=O) groups excluding carboxylic acids is 1. The van der Waals surface area contributed by atoms with E-state index in [9.17, 15) is 4.79 Å². The van der Waals surface area contributed by atoms with E-state index in [1.54, 1.807) is 6.92 Å². The number of aliphatic hydroxyl groups excluding tert-OH is 1. The first-order valence-electron chi connectivity index (χ1n) is 5.42. The van der Waals surface area contributed by atoms with Gasteiger partial charge in [-0.05, 0) is 13.5 Å². The van der Waals surface area contributed by atoms with Gasteiger partial charge in [0.2, 0.25) is 5.91 Å². The molecule has 0 spiro atoms. The summed E-state index contributed by atoms with van der Waals surface area (Å²) < 4.78 is 5.26. The first-order valence-corrected chi connectivity index (χ1v) is 5.42. The number of nitrogens with one attached hydrogen (secondary N) is 2. The zero-order valence-corrected chi connectivity index (χ0v) is 9.32. The Balaban J connectivity index is 2.36. The molecule has 0 bridgehead atoms. The average molecular weight is 216 g/mol. The van der Waals surface area contributed by atoms with Crippen molar-refractivity contribution < 1.29 is 14.6 Å². The second kappa shape index (κ2) is 6.05. The lowest BCUT2D eigenvalue weighted by atomic mass is 10.0. The third-order valence-corrected chi connectivity index (χ3v) is 2.46. The summed E-state index contributed by atoms with van der Waals surface area (Å²) in [6.07, 6.45) is -0.506. The van der Waals surface area contributed by atoms with Crippen molar-refractivity contribution in [2.24, 2.45) is 5.92 Å². The van der Waals surface area contributed by atoms with Gasteiger partial charge in [0.05, 0.1) is 25.2 Å². The molecular weight excluding hydrogens is 196 g/mol. The highest BCUT2D eigenvalue weighted by Gasteiger charge is 2.33. The van der Waals surface area contributed by atoms with Crippen LogP contribution >= 0.6 is 0 Å². The molecule has 1 saturated heterocycles. The number of rotatable bonds is 5. The molecular formula is C10H20N2O3. The second-order valence-corrected chi connectivity index (χ2v) is 3.90. The van der Waals surface area contributed by atoms with Crippen molar-refractivity contribution in [3.05, 3.63) is 0 Å². The van der Waals surface area contributed by atoms with Gasteiger partial charge in [0.1, 0.15) is 0 Å². The highest BCUT2D eigenvalue weighted by atomic mass is 16.5. The summed E-state index contributed by atoms with van der Waals surface area (Å²) >= 11 is 0. The van der Waals surface area contributed by atoms with Crippen molar-refractivity contribution in [2.75, 3.05) is 26.3 Å². The number of aliphatic hydroxyl groups is 1. The summed E-state index contributed by atoms with van der Waals surface area (Å²) in [6, 6.07) is 0.101. The largest absolute Gasteiger partial charge is 0.392 e. The maximum atomic E-state index is 11.7. The molecule has 0 aromatic rings. The van der Waals surface area contributed by atoms with E-state index in [0.29, 0.717) is 19.8 Å². The Hall–Kier alpha value is -0.650. The lowest BCUT2D eigenvalue weighted by Crippen LogP contribution is -2.45. The third-order valence-electron chi connectivity index (χ3n) is 2.46. The van der Waals surface area contributed by atoms with Gasteiger partial charge in [0.15, 0.2) is 0 Å². The van der Waals surface area contributed by atoms with Gasteiger partial charge in [-0.1, -0.05) is 6.92 Å². The van der Waals surface area contributed by atoms with Gasteiger partial charge in [0, 0.05) is 12.6 Å². The van der Waals surface area contributed by atoms with E-state index in [-0.39, 0.29) is 17.9 Å². The highest BCUT2D eigenvalue weighted by molar-refractivity contribution is 5.79. The Morgan fingerprint density at radius 3 is 2.93 bits per heavy atom. The lowest BCUT2D eigenvalue weighted by molar-refractivity contribution is -0.125. The minimum Gasteiger partial charge on any atom is -0.392 e. The van der Waals surface area contributed by atoms with Gasteiger partial charge in [-0.2, -0.15) is 0 Å². The van der Waals surface area contributed by atoms with Gasteiger partial charge < -0.3 is 20.5 Å². The van der Waals surface area contributed by atoms with E-state index in [1.807, 2.05) is 6.92 Å². The molecule has 1 aliphatic rings. The van der Waals surface area contributed by atoms with Crippen LogP contribution in [0.15, 0.2) is 0 Å². The predicted molar refractivity (Wildman–Crippen MR) is 56.5 cm³/mol. The molecule has 5 heteroatoms. The zero-order valence-electron chi connectivity index (χ0n) is 9.32. The molecule has 3 N–H and O–H groups in total. The SMILES string of the molecule is CCNC1COCC1C(=O)NC[C@@H](C)O. The van der Waals surface area contributed by atoms with Crippen LogP contribution in [-0.2, 0) is 9.53 Å². The van der Waals surface area contributed by atoms with E-state index in [1.165, 1.54) is 0 Å². The molecule has 1 rings (SSSR count). The molecule has 0 aromatic heterocycles. The van der Waals surface area contributed by atoms with Gasteiger partial charge in [-0.3, -0.25) is 4.79 Å². The fourth-order valence-corrected chi connectivity index (χ4v) is 1.66. The van der Waals surface area contributed by atoms with Gasteiger partial charge >= 0.3 is 0 Å². The fourth-order valence-electron chi connectivity index (χ4n) is 1.66. The maximum absolute atomic E-state index is 11.7. The van der Waals surface area contributed by atoms with Crippen molar-refractivity contribution in [2.45, 2.75) is 26.0 Å². The van der Waals surface area contributed by atoms with Crippen LogP contribution in [0.3, 0.4) is 0 Å². The highest BCUT2D eigenvalue weighted by Crippen LogP contribution is 2.13. The summed E-state index contributed by atoms with van der Waals surface area (Å²) in [5.74, 6) is -0.178. The Kier molecular flexibility index (Phi) is 5.01. The molecule has 0 radical (unpaired) electrons. The van der Waals surface area contributed by atoms with E-state index in [2.05, 4.69) is 10.6 Å². The van der Waals surface area contributed by atoms with E-state index in [4.69, 9.17) is 9.84 Å². The smallest absolute Gasteiger partial charge is 0.227 e. The second-order valence-electron chi connectivity index (χ2n) is 3.90. The van der Waals surface area contributed by atoms with Crippen LogP contribution in [-0.4, -0.2) is 49.5 Å². The minimum atomic E-state index is -0.506. The number of amides is 1. The third kappa shape index (κ3) is 3.77. The van der Waals surface area contributed by atoms with Crippen LogP contribution in [0.1, 0.15) is 13.8 Å². The molecule has 1 aliphatic heterocycles. The van der Waals surface area contributed by atoms with Crippen molar-refractivity contribution in [1.29, 1.82) is 0 Å². The first-order chi connectivity index (χ1) is 7.15. The zero-order chi connectivity index (χ0) is 11.3. The van der Waals surface area contributed by atoms with E-state index >= 15 is 0 Å². The van der Waals surface area contributed by atoms with Crippen molar-refractivity contribution >= 4 is 5.91 Å². The number of carbonyl (C=O) groups is 1. The molecule has 5 nitrogen and oxygen atoms in total.